The van der Waals surface area contributed by atoms with Crippen LogP contribution in [-0.2, 0) is 4.79 Å². The molecule has 0 radical (unpaired) electrons. The van der Waals surface area contributed by atoms with Gasteiger partial charge in [-0.2, -0.15) is 0 Å². The number of piperidine rings is 1. The molecule has 5 nitrogen and oxygen atoms in total. The summed E-state index contributed by atoms with van der Waals surface area (Å²) in [6, 6.07) is 17.2. The molecule has 1 saturated heterocycles. The first-order chi connectivity index (χ1) is 13.1. The number of nitrogens with zero attached hydrogens (tertiary/aromatic N) is 1. The largest absolute Gasteiger partial charge is 0.369 e. The highest BCUT2D eigenvalue weighted by Gasteiger charge is 2.34. The number of amides is 1. The van der Waals surface area contributed by atoms with E-state index in [1.165, 1.54) is 0 Å². The van der Waals surface area contributed by atoms with E-state index in [0.29, 0.717) is 12.1 Å². The van der Waals surface area contributed by atoms with Gasteiger partial charge in [-0.1, -0.05) is 48.5 Å². The molecule has 0 saturated carbocycles. The lowest BCUT2D eigenvalue weighted by molar-refractivity contribution is -0.123. The van der Waals surface area contributed by atoms with E-state index >= 15 is 0 Å². The fourth-order valence-electron chi connectivity index (χ4n) is 4.06. The number of Topliss-reactive ketones (excluding diaryl/α,β-unsaturated/α-hetero) is 1. The number of para-hydroxylation sites is 1. The van der Waals surface area contributed by atoms with Crippen molar-refractivity contribution in [2.45, 2.75) is 18.9 Å². The summed E-state index contributed by atoms with van der Waals surface area (Å²) in [6.45, 7) is 1.29. The summed E-state index contributed by atoms with van der Waals surface area (Å²) in [4.78, 5) is 30.7. The Hall–Kier alpha value is -2.92. The number of fused-ring (bicyclic) bond motifs is 1. The average molecular weight is 361 g/mol. The number of rotatable bonds is 5. The number of likely N-dealkylation sites (tertiary alicyclic amines) is 1. The van der Waals surface area contributed by atoms with Crippen molar-refractivity contribution < 1.29 is 9.59 Å². The smallest absolute Gasteiger partial charge is 0.221 e. The lowest BCUT2D eigenvalue weighted by atomic mass is 9.90. The van der Waals surface area contributed by atoms with Crippen molar-refractivity contribution in [2.75, 3.05) is 13.1 Å². The number of nitrogens with one attached hydrogen (secondary N) is 1. The molecule has 1 aromatic heterocycles. The van der Waals surface area contributed by atoms with E-state index in [1.54, 1.807) is 6.20 Å². The third-order valence-electron chi connectivity index (χ3n) is 5.44. The van der Waals surface area contributed by atoms with Gasteiger partial charge in [0.15, 0.2) is 5.78 Å². The van der Waals surface area contributed by atoms with Crippen LogP contribution in [0.4, 0.5) is 0 Å². The second-order valence-corrected chi connectivity index (χ2v) is 7.16. The van der Waals surface area contributed by atoms with E-state index < -0.39 is 6.04 Å². The van der Waals surface area contributed by atoms with Crippen molar-refractivity contribution in [3.63, 3.8) is 0 Å². The van der Waals surface area contributed by atoms with Gasteiger partial charge in [0.25, 0.3) is 0 Å². The van der Waals surface area contributed by atoms with E-state index in [1.807, 2.05) is 54.6 Å². The number of aromatic nitrogens is 1. The van der Waals surface area contributed by atoms with Gasteiger partial charge in [-0.05, 0) is 31.0 Å². The molecule has 1 aliphatic heterocycles. The first kappa shape index (κ1) is 17.5. The van der Waals surface area contributed by atoms with E-state index in [2.05, 4.69) is 9.88 Å². The molecule has 0 spiro atoms. The number of hydrogen-bond donors (Lipinski definition) is 2. The lowest BCUT2D eigenvalue weighted by Crippen LogP contribution is -2.45. The normalized spacial score (nSPS) is 19.0. The summed E-state index contributed by atoms with van der Waals surface area (Å²) in [6.07, 6.45) is 3.44. The number of benzene rings is 2. The number of nitrogens with two attached hydrogens (primary N) is 1. The maximum Gasteiger partial charge on any atom is 0.221 e. The van der Waals surface area contributed by atoms with Gasteiger partial charge in [0.2, 0.25) is 5.91 Å². The summed E-state index contributed by atoms with van der Waals surface area (Å²) in [5.74, 6) is -0.449. The van der Waals surface area contributed by atoms with Crippen molar-refractivity contribution >= 4 is 22.6 Å². The number of ketones is 1. The van der Waals surface area contributed by atoms with Crippen LogP contribution in [0.25, 0.3) is 10.9 Å². The SMILES string of the molecule is NC(=O)C1CCCN(C(C(=O)c2c[nH]c3ccccc23)c2ccccc2)C1. The predicted octanol–water partition coefficient (Wildman–Crippen LogP) is 3.29. The van der Waals surface area contributed by atoms with E-state index in [4.69, 9.17) is 5.73 Å². The summed E-state index contributed by atoms with van der Waals surface area (Å²) >= 11 is 0. The molecule has 1 fully saturated rings. The Balaban J connectivity index is 1.74. The Morgan fingerprint density at radius 1 is 1.07 bits per heavy atom. The molecule has 1 aliphatic rings. The summed E-state index contributed by atoms with van der Waals surface area (Å²) in [5, 5.41) is 0.923. The number of carbonyl (C=O) groups is 2. The maximum atomic E-state index is 13.6. The lowest BCUT2D eigenvalue weighted by Gasteiger charge is -2.36. The highest BCUT2D eigenvalue weighted by molar-refractivity contribution is 6.10. The third-order valence-corrected chi connectivity index (χ3v) is 5.44. The summed E-state index contributed by atoms with van der Waals surface area (Å²) < 4.78 is 0. The molecule has 2 unspecified atom stereocenters. The summed E-state index contributed by atoms with van der Waals surface area (Å²) in [5.41, 5.74) is 8.13. The minimum absolute atomic E-state index is 0.0452. The molecule has 3 aromatic rings. The molecule has 3 N–H and O–H groups in total. The van der Waals surface area contributed by atoms with Gasteiger partial charge < -0.3 is 10.7 Å². The molecular formula is C22H23N3O2. The Kier molecular flexibility index (Phi) is 4.77. The van der Waals surface area contributed by atoms with Crippen LogP contribution in [-0.4, -0.2) is 34.7 Å². The van der Waals surface area contributed by atoms with Crippen LogP contribution in [0.3, 0.4) is 0 Å². The van der Waals surface area contributed by atoms with Crippen LogP contribution in [0, 0.1) is 5.92 Å². The molecule has 138 valence electrons. The van der Waals surface area contributed by atoms with Crippen LogP contribution in [0.2, 0.25) is 0 Å². The number of primary amides is 1. The monoisotopic (exact) mass is 361 g/mol. The zero-order valence-corrected chi connectivity index (χ0v) is 15.1. The molecule has 2 aromatic carbocycles. The number of hydrogen-bond acceptors (Lipinski definition) is 3. The molecule has 2 atom stereocenters. The summed E-state index contributed by atoms with van der Waals surface area (Å²) in [7, 11) is 0. The second-order valence-electron chi connectivity index (χ2n) is 7.16. The van der Waals surface area contributed by atoms with E-state index in [-0.39, 0.29) is 17.6 Å². The number of H-pyrrole nitrogens is 1. The van der Waals surface area contributed by atoms with Crippen molar-refractivity contribution in [3.05, 3.63) is 71.9 Å². The van der Waals surface area contributed by atoms with Gasteiger partial charge in [-0.3, -0.25) is 14.5 Å². The minimum Gasteiger partial charge on any atom is -0.369 e. The Bertz CT molecular complexity index is 964. The molecule has 0 bridgehead atoms. The van der Waals surface area contributed by atoms with E-state index in [9.17, 15) is 9.59 Å². The zero-order valence-electron chi connectivity index (χ0n) is 15.1. The fourth-order valence-corrected chi connectivity index (χ4v) is 4.06. The topological polar surface area (TPSA) is 79.2 Å². The van der Waals surface area contributed by atoms with Crippen molar-refractivity contribution in [1.29, 1.82) is 0 Å². The van der Waals surface area contributed by atoms with Gasteiger partial charge in [0, 0.05) is 29.2 Å². The van der Waals surface area contributed by atoms with Gasteiger partial charge in [-0.15, -0.1) is 0 Å². The van der Waals surface area contributed by atoms with Crippen LogP contribution >= 0.6 is 0 Å². The number of aromatic amines is 1. The maximum absolute atomic E-state index is 13.6. The Morgan fingerprint density at radius 2 is 1.81 bits per heavy atom. The highest BCUT2D eigenvalue weighted by Crippen LogP contribution is 2.32. The zero-order chi connectivity index (χ0) is 18.8. The van der Waals surface area contributed by atoms with Crippen LogP contribution in [0.1, 0.15) is 34.8 Å². The number of carbonyl (C=O) groups excluding carboxylic acids is 2. The van der Waals surface area contributed by atoms with Crippen LogP contribution in [0.15, 0.2) is 60.8 Å². The molecule has 5 heteroatoms. The predicted molar refractivity (Wildman–Crippen MR) is 105 cm³/mol. The first-order valence-corrected chi connectivity index (χ1v) is 9.34. The molecular weight excluding hydrogens is 338 g/mol. The van der Waals surface area contributed by atoms with Crippen molar-refractivity contribution in [3.8, 4) is 0 Å². The molecule has 0 aliphatic carbocycles. The molecule has 27 heavy (non-hydrogen) atoms. The van der Waals surface area contributed by atoms with Gasteiger partial charge in [-0.25, -0.2) is 0 Å². The molecule has 1 amide bonds. The third kappa shape index (κ3) is 3.38. The fraction of sp³-hybridized carbons (Fsp3) is 0.273. The van der Waals surface area contributed by atoms with Gasteiger partial charge >= 0.3 is 0 Å². The minimum atomic E-state index is -0.424. The Morgan fingerprint density at radius 3 is 2.59 bits per heavy atom. The van der Waals surface area contributed by atoms with Crippen LogP contribution < -0.4 is 5.73 Å². The standard InChI is InChI=1S/C22H23N3O2/c23-22(27)16-9-6-12-25(14-16)20(15-7-2-1-3-8-15)21(26)18-13-24-19-11-5-4-10-17(18)19/h1-5,7-8,10-11,13,16,20,24H,6,9,12,14H2,(H2,23,27). The molecule has 2 heterocycles. The quantitative estimate of drug-likeness (QED) is 0.685. The average Bonchev–Trinajstić information content (AvgIpc) is 3.13. The first-order valence-electron chi connectivity index (χ1n) is 9.34. The van der Waals surface area contributed by atoms with Crippen molar-refractivity contribution in [2.24, 2.45) is 11.7 Å². The van der Waals surface area contributed by atoms with Crippen LogP contribution in [0.5, 0.6) is 0 Å². The second kappa shape index (κ2) is 7.37. The van der Waals surface area contributed by atoms with Crippen molar-refractivity contribution in [1.82, 2.24) is 9.88 Å². The van der Waals surface area contributed by atoms with Gasteiger partial charge in [0.05, 0.1) is 12.0 Å². The molecule has 4 rings (SSSR count). The highest BCUT2D eigenvalue weighted by atomic mass is 16.1. The van der Waals surface area contributed by atoms with Gasteiger partial charge in [0.1, 0.15) is 0 Å². The van der Waals surface area contributed by atoms with E-state index in [0.717, 1.165) is 35.9 Å². The Labute approximate surface area is 158 Å².